The van der Waals surface area contributed by atoms with Gasteiger partial charge in [-0.05, 0) is 17.7 Å². The lowest BCUT2D eigenvalue weighted by Gasteiger charge is -2.35. The summed E-state index contributed by atoms with van der Waals surface area (Å²) in [5.74, 6) is 0.836. The van der Waals surface area contributed by atoms with E-state index in [0.29, 0.717) is 13.2 Å². The molecule has 0 radical (unpaired) electrons. The van der Waals surface area contributed by atoms with Gasteiger partial charge in [0.15, 0.2) is 5.82 Å². The summed E-state index contributed by atoms with van der Waals surface area (Å²) in [7, 11) is 1.99. The van der Waals surface area contributed by atoms with E-state index in [1.165, 1.54) is 0 Å². The van der Waals surface area contributed by atoms with Crippen molar-refractivity contribution in [2.24, 2.45) is 0 Å². The second kappa shape index (κ2) is 8.19. The molecule has 0 bridgehead atoms. The van der Waals surface area contributed by atoms with Crippen molar-refractivity contribution >= 4 is 5.82 Å². The number of anilines is 1. The Labute approximate surface area is 142 Å². The van der Waals surface area contributed by atoms with E-state index in [2.05, 4.69) is 20.0 Å². The predicted octanol–water partition coefficient (Wildman–Crippen LogP) is 1.35. The standard InChI is InChI=1S/C18H24N4O2/c1-21(18-8-5-9-19-20-18)12-16-13-22(10-11-24-16)14-17(23)15-6-3-2-4-7-15/h2-9,16-17,23H,10-14H2,1H3/t16-,17-/m1/s1. The number of nitrogens with zero attached hydrogens (tertiary/aromatic N) is 4. The summed E-state index contributed by atoms with van der Waals surface area (Å²) in [6, 6.07) is 13.6. The summed E-state index contributed by atoms with van der Waals surface area (Å²) < 4.78 is 5.87. The van der Waals surface area contributed by atoms with Gasteiger partial charge in [0, 0.05) is 39.4 Å². The van der Waals surface area contributed by atoms with Crippen LogP contribution in [0, 0.1) is 0 Å². The topological polar surface area (TPSA) is 61.7 Å². The first-order valence-electron chi connectivity index (χ1n) is 8.28. The van der Waals surface area contributed by atoms with Gasteiger partial charge in [-0.3, -0.25) is 4.90 Å². The minimum Gasteiger partial charge on any atom is -0.387 e. The number of likely N-dealkylation sites (N-methyl/N-ethyl adjacent to an activating group) is 1. The highest BCUT2D eigenvalue weighted by Gasteiger charge is 2.24. The number of morpholine rings is 1. The van der Waals surface area contributed by atoms with Crippen LogP contribution in [0.2, 0.25) is 0 Å². The molecular weight excluding hydrogens is 304 g/mol. The van der Waals surface area contributed by atoms with Gasteiger partial charge in [-0.25, -0.2) is 0 Å². The highest BCUT2D eigenvalue weighted by Crippen LogP contribution is 2.17. The molecule has 128 valence electrons. The number of benzene rings is 1. The Bertz CT molecular complexity index is 557. The SMILES string of the molecule is CN(C[C@@H]1CN(C[C@@H](O)c2ccccc2)CCO1)c1cccnn1. The Morgan fingerprint density at radius 2 is 2.12 bits per heavy atom. The van der Waals surface area contributed by atoms with Gasteiger partial charge >= 0.3 is 0 Å². The lowest BCUT2D eigenvalue weighted by atomic mass is 10.1. The van der Waals surface area contributed by atoms with Gasteiger partial charge in [0.2, 0.25) is 0 Å². The molecule has 0 aliphatic carbocycles. The third kappa shape index (κ3) is 4.50. The third-order valence-corrected chi connectivity index (χ3v) is 4.27. The molecule has 6 heteroatoms. The van der Waals surface area contributed by atoms with Gasteiger partial charge in [-0.1, -0.05) is 30.3 Å². The van der Waals surface area contributed by atoms with Crippen LogP contribution in [-0.2, 0) is 4.74 Å². The van der Waals surface area contributed by atoms with E-state index >= 15 is 0 Å². The molecular formula is C18H24N4O2. The zero-order valence-corrected chi connectivity index (χ0v) is 14.0. The highest BCUT2D eigenvalue weighted by molar-refractivity contribution is 5.35. The summed E-state index contributed by atoms with van der Waals surface area (Å²) in [5, 5.41) is 18.4. The lowest BCUT2D eigenvalue weighted by Crippen LogP contribution is -2.48. The van der Waals surface area contributed by atoms with E-state index < -0.39 is 6.10 Å². The number of ether oxygens (including phenoxy) is 1. The fourth-order valence-corrected chi connectivity index (χ4v) is 2.98. The van der Waals surface area contributed by atoms with Crippen molar-refractivity contribution in [3.63, 3.8) is 0 Å². The lowest BCUT2D eigenvalue weighted by molar-refractivity contribution is -0.0364. The molecule has 1 aromatic heterocycles. The monoisotopic (exact) mass is 328 g/mol. The zero-order valence-electron chi connectivity index (χ0n) is 14.0. The number of hydrogen-bond acceptors (Lipinski definition) is 6. The highest BCUT2D eigenvalue weighted by atomic mass is 16.5. The number of rotatable bonds is 6. The molecule has 24 heavy (non-hydrogen) atoms. The van der Waals surface area contributed by atoms with Crippen LogP contribution in [0.25, 0.3) is 0 Å². The molecule has 2 atom stereocenters. The second-order valence-electron chi connectivity index (χ2n) is 6.14. The maximum atomic E-state index is 10.4. The molecule has 0 amide bonds. The smallest absolute Gasteiger partial charge is 0.151 e. The van der Waals surface area contributed by atoms with E-state index in [1.807, 2.05) is 49.5 Å². The minimum atomic E-state index is -0.470. The maximum absolute atomic E-state index is 10.4. The largest absolute Gasteiger partial charge is 0.387 e. The molecule has 2 aromatic rings. The normalized spacial score (nSPS) is 19.8. The quantitative estimate of drug-likeness (QED) is 0.864. The van der Waals surface area contributed by atoms with E-state index in [0.717, 1.165) is 31.0 Å². The summed E-state index contributed by atoms with van der Waals surface area (Å²) in [6.45, 7) is 3.69. The fraction of sp³-hybridized carbons (Fsp3) is 0.444. The molecule has 3 rings (SSSR count). The zero-order chi connectivity index (χ0) is 16.8. The molecule has 1 aromatic carbocycles. The van der Waals surface area contributed by atoms with Crippen molar-refractivity contribution < 1.29 is 9.84 Å². The molecule has 0 unspecified atom stereocenters. The van der Waals surface area contributed by atoms with Crippen molar-refractivity contribution in [3.05, 3.63) is 54.2 Å². The minimum absolute atomic E-state index is 0.0914. The molecule has 1 aliphatic heterocycles. The number of aromatic nitrogens is 2. The van der Waals surface area contributed by atoms with Crippen LogP contribution >= 0.6 is 0 Å². The average molecular weight is 328 g/mol. The first-order valence-corrected chi connectivity index (χ1v) is 8.28. The Kier molecular flexibility index (Phi) is 5.74. The van der Waals surface area contributed by atoms with Gasteiger partial charge in [0.1, 0.15) is 0 Å². The maximum Gasteiger partial charge on any atom is 0.151 e. The van der Waals surface area contributed by atoms with Crippen molar-refractivity contribution in [1.29, 1.82) is 0 Å². The summed E-state index contributed by atoms with van der Waals surface area (Å²) >= 11 is 0. The van der Waals surface area contributed by atoms with Crippen molar-refractivity contribution in [2.45, 2.75) is 12.2 Å². The molecule has 2 heterocycles. The molecule has 6 nitrogen and oxygen atoms in total. The van der Waals surface area contributed by atoms with E-state index in [1.54, 1.807) is 6.20 Å². The van der Waals surface area contributed by atoms with Crippen molar-refractivity contribution in [1.82, 2.24) is 15.1 Å². The van der Waals surface area contributed by atoms with Crippen LogP contribution in [0.15, 0.2) is 48.7 Å². The number of hydrogen-bond donors (Lipinski definition) is 1. The Hall–Kier alpha value is -2.02. The van der Waals surface area contributed by atoms with Crippen molar-refractivity contribution in [3.8, 4) is 0 Å². The van der Waals surface area contributed by atoms with Gasteiger partial charge in [-0.15, -0.1) is 5.10 Å². The summed E-state index contributed by atoms with van der Waals surface area (Å²) in [6.07, 6.45) is 1.29. The van der Waals surface area contributed by atoms with E-state index in [4.69, 9.17) is 4.74 Å². The Morgan fingerprint density at radius 3 is 2.88 bits per heavy atom. The first-order chi connectivity index (χ1) is 11.7. The number of aliphatic hydroxyl groups excluding tert-OH is 1. The second-order valence-corrected chi connectivity index (χ2v) is 6.14. The van der Waals surface area contributed by atoms with E-state index in [9.17, 15) is 5.11 Å². The summed E-state index contributed by atoms with van der Waals surface area (Å²) in [5.41, 5.74) is 0.956. The Balaban J connectivity index is 1.53. The molecule has 1 aliphatic rings. The average Bonchev–Trinajstić information content (AvgIpc) is 2.63. The van der Waals surface area contributed by atoms with Gasteiger partial charge < -0.3 is 14.7 Å². The van der Waals surface area contributed by atoms with Crippen LogP contribution < -0.4 is 4.90 Å². The Morgan fingerprint density at radius 1 is 1.29 bits per heavy atom. The van der Waals surface area contributed by atoms with Crippen LogP contribution in [0.1, 0.15) is 11.7 Å². The van der Waals surface area contributed by atoms with Gasteiger partial charge in [0.05, 0.1) is 18.8 Å². The number of aliphatic hydroxyl groups is 1. The predicted molar refractivity (Wildman–Crippen MR) is 92.9 cm³/mol. The molecule has 0 spiro atoms. The van der Waals surface area contributed by atoms with Crippen LogP contribution in [0.4, 0.5) is 5.82 Å². The van der Waals surface area contributed by atoms with Crippen LogP contribution in [-0.4, -0.2) is 66.1 Å². The van der Waals surface area contributed by atoms with Crippen LogP contribution in [0.5, 0.6) is 0 Å². The first kappa shape index (κ1) is 16.8. The molecule has 1 fully saturated rings. The van der Waals surface area contributed by atoms with Crippen molar-refractivity contribution in [2.75, 3.05) is 44.7 Å². The number of β-amino-alcohol motifs (C(OH)–C–C–N with tert-alkyl or cyclic N) is 1. The van der Waals surface area contributed by atoms with E-state index in [-0.39, 0.29) is 6.10 Å². The molecule has 0 saturated carbocycles. The third-order valence-electron chi connectivity index (χ3n) is 4.27. The fourth-order valence-electron chi connectivity index (χ4n) is 2.98. The molecule has 1 saturated heterocycles. The molecule has 1 N–H and O–H groups in total. The van der Waals surface area contributed by atoms with Crippen LogP contribution in [0.3, 0.4) is 0 Å². The van der Waals surface area contributed by atoms with Gasteiger partial charge in [-0.2, -0.15) is 5.10 Å². The summed E-state index contributed by atoms with van der Waals surface area (Å²) in [4.78, 5) is 4.31. The van der Waals surface area contributed by atoms with Gasteiger partial charge in [0.25, 0.3) is 0 Å².